The Morgan fingerprint density at radius 2 is 0.854 bits per heavy atom. The van der Waals surface area contributed by atoms with Crippen molar-refractivity contribution in [2.24, 2.45) is 7.05 Å². The van der Waals surface area contributed by atoms with Crippen LogP contribution in [0.25, 0.3) is 75.5 Å². The third-order valence-electron chi connectivity index (χ3n) is 8.87. The van der Waals surface area contributed by atoms with Gasteiger partial charge in [0.25, 0.3) is 0 Å². The lowest BCUT2D eigenvalue weighted by atomic mass is 9.94. The van der Waals surface area contributed by atoms with E-state index in [0.29, 0.717) is 0 Å². The van der Waals surface area contributed by atoms with Crippen molar-refractivity contribution in [3.05, 3.63) is 139 Å². The normalized spacial score (nSPS) is 11.8. The summed E-state index contributed by atoms with van der Waals surface area (Å²) in [6.07, 6.45) is 2.28. The number of pyridine rings is 1. The zero-order valence-electron chi connectivity index (χ0n) is 23.6. The average molecular weight is 525 g/mol. The average Bonchev–Trinajstić information content (AvgIpc) is 3.01. The topological polar surface area (TPSA) is 3.88 Å². The first kappa shape index (κ1) is 23.8. The molecule has 0 aliphatic carbocycles. The van der Waals surface area contributed by atoms with Crippen LogP contribution in [0.3, 0.4) is 0 Å². The van der Waals surface area contributed by atoms with Gasteiger partial charge in [-0.3, -0.25) is 0 Å². The molecular formula is C40H30N+. The summed E-state index contributed by atoms with van der Waals surface area (Å²) < 4.78 is 2.29. The third-order valence-corrected chi connectivity index (χ3v) is 8.87. The van der Waals surface area contributed by atoms with E-state index in [1.54, 1.807) is 0 Å². The van der Waals surface area contributed by atoms with E-state index >= 15 is 0 Å². The van der Waals surface area contributed by atoms with Crippen molar-refractivity contribution in [1.82, 2.24) is 0 Å². The Balaban J connectivity index is 1.71. The van der Waals surface area contributed by atoms with Crippen LogP contribution in [0.5, 0.6) is 0 Å². The summed E-state index contributed by atoms with van der Waals surface area (Å²) in [5.41, 5.74) is 3.78. The monoisotopic (exact) mass is 524 g/mol. The fourth-order valence-corrected chi connectivity index (χ4v) is 6.83. The predicted molar refractivity (Wildman–Crippen MR) is 177 cm³/mol. The maximum atomic E-state index is 2.39. The lowest BCUT2D eigenvalue weighted by molar-refractivity contribution is -0.645. The molecule has 0 N–H and O–H groups in total. The first-order chi connectivity index (χ1) is 20.0. The Kier molecular flexibility index (Phi) is 5.24. The molecule has 194 valence electrons. The van der Waals surface area contributed by atoms with Gasteiger partial charge in [-0.25, -0.2) is 4.57 Å². The van der Waals surface area contributed by atoms with E-state index in [1.807, 2.05) is 0 Å². The number of aromatic nitrogens is 1. The molecule has 9 aromatic rings. The first-order valence-electron chi connectivity index (χ1n) is 14.3. The van der Waals surface area contributed by atoms with Gasteiger partial charge >= 0.3 is 0 Å². The number of rotatable bonds is 0. The number of hydrogen-bond acceptors (Lipinski definition) is 0. The SMILES string of the molecule is Cc1c[n+](C)c2cc1c1cccc(c1)c1cccc(c1)c1cccc(c1)c1cccc3c1ccc1c3ccc(C)c12. The lowest BCUT2D eigenvalue weighted by Crippen LogP contribution is -2.28. The van der Waals surface area contributed by atoms with Crippen LogP contribution in [0.2, 0.25) is 0 Å². The number of nitrogens with zero attached hydrogens (tertiary/aromatic N) is 1. The van der Waals surface area contributed by atoms with E-state index < -0.39 is 0 Å². The zero-order chi connectivity index (χ0) is 27.7. The van der Waals surface area contributed by atoms with Crippen LogP contribution in [0.15, 0.2) is 128 Å². The maximum Gasteiger partial charge on any atom is 0.213 e. The maximum absolute atomic E-state index is 2.39. The van der Waals surface area contributed by atoms with Crippen LogP contribution in [-0.2, 0) is 7.05 Å². The van der Waals surface area contributed by atoms with Gasteiger partial charge in [0.05, 0.1) is 5.39 Å². The molecule has 9 rings (SSSR count). The van der Waals surface area contributed by atoms with E-state index in [4.69, 9.17) is 0 Å². The molecule has 0 aliphatic rings. The molecule has 41 heavy (non-hydrogen) atoms. The Bertz CT molecular complexity index is 2450. The van der Waals surface area contributed by atoms with Crippen molar-refractivity contribution in [3.8, 4) is 0 Å². The molecule has 1 aromatic heterocycles. The minimum Gasteiger partial charge on any atom is -0.201 e. The van der Waals surface area contributed by atoms with Gasteiger partial charge < -0.3 is 0 Å². The summed E-state index contributed by atoms with van der Waals surface area (Å²) in [5, 5.41) is 16.4. The highest BCUT2D eigenvalue weighted by molar-refractivity contribution is 6.21. The van der Waals surface area contributed by atoms with Crippen LogP contribution in [0.4, 0.5) is 0 Å². The van der Waals surface area contributed by atoms with Gasteiger partial charge in [0, 0.05) is 11.6 Å². The molecule has 1 heterocycles. The van der Waals surface area contributed by atoms with Crippen molar-refractivity contribution in [3.63, 3.8) is 0 Å². The molecular weight excluding hydrogens is 494 g/mol. The summed E-state index contributed by atoms with van der Waals surface area (Å²) in [7, 11) is 2.17. The van der Waals surface area contributed by atoms with Crippen molar-refractivity contribution in [2.45, 2.75) is 13.8 Å². The Hall–Kier alpha value is -5.01. The van der Waals surface area contributed by atoms with E-state index in [-0.39, 0.29) is 0 Å². The molecule has 0 atom stereocenters. The molecule has 0 spiro atoms. The smallest absolute Gasteiger partial charge is 0.201 e. The zero-order valence-corrected chi connectivity index (χ0v) is 23.6. The summed E-state index contributed by atoms with van der Waals surface area (Å²) >= 11 is 0. The van der Waals surface area contributed by atoms with E-state index in [2.05, 4.69) is 153 Å². The van der Waals surface area contributed by atoms with Crippen LogP contribution >= 0.6 is 0 Å². The van der Waals surface area contributed by atoms with Crippen molar-refractivity contribution in [2.75, 3.05) is 0 Å². The summed E-state index contributed by atoms with van der Waals surface area (Å²) in [6.45, 7) is 4.45. The second-order valence-corrected chi connectivity index (χ2v) is 11.4. The van der Waals surface area contributed by atoms with Crippen molar-refractivity contribution < 1.29 is 4.57 Å². The van der Waals surface area contributed by atoms with Crippen molar-refractivity contribution in [1.29, 1.82) is 0 Å². The van der Waals surface area contributed by atoms with Crippen LogP contribution in [0.1, 0.15) is 11.1 Å². The highest BCUT2D eigenvalue weighted by atomic mass is 14.9. The highest BCUT2D eigenvalue weighted by Crippen LogP contribution is 2.35. The molecule has 1 heteroatoms. The fraction of sp³-hybridized carbons (Fsp3) is 0.0750. The van der Waals surface area contributed by atoms with Crippen LogP contribution < -0.4 is 4.57 Å². The van der Waals surface area contributed by atoms with E-state index in [0.717, 1.165) is 0 Å². The molecule has 0 radical (unpaired) electrons. The van der Waals surface area contributed by atoms with Gasteiger partial charge in [-0.15, -0.1) is 0 Å². The highest BCUT2D eigenvalue weighted by Gasteiger charge is 2.14. The largest absolute Gasteiger partial charge is 0.213 e. The number of benzene rings is 6. The number of fused-ring (bicyclic) bond motifs is 1. The molecule has 0 amide bonds. The summed E-state index contributed by atoms with van der Waals surface area (Å²) in [6, 6.07) is 45.3. The lowest BCUT2D eigenvalue weighted by Gasteiger charge is -2.10. The van der Waals surface area contributed by atoms with Crippen molar-refractivity contribution >= 4 is 75.5 Å². The Labute approximate surface area is 239 Å². The molecule has 14 bridgehead atoms. The minimum absolute atomic E-state index is 1.23. The molecule has 0 fully saturated rings. The van der Waals surface area contributed by atoms with Crippen LogP contribution in [-0.4, -0.2) is 0 Å². The molecule has 0 saturated heterocycles. The second kappa shape index (κ2) is 9.01. The Morgan fingerprint density at radius 1 is 0.390 bits per heavy atom. The Morgan fingerprint density at radius 3 is 1.54 bits per heavy atom. The molecule has 0 unspecified atom stereocenters. The second-order valence-electron chi connectivity index (χ2n) is 11.4. The molecule has 8 aromatic carbocycles. The fourth-order valence-electron chi connectivity index (χ4n) is 6.83. The number of hydrogen-bond donors (Lipinski definition) is 0. The van der Waals surface area contributed by atoms with Crippen LogP contribution in [0, 0.1) is 13.8 Å². The first-order valence-corrected chi connectivity index (χ1v) is 14.3. The van der Waals surface area contributed by atoms with Gasteiger partial charge in [0.15, 0.2) is 6.20 Å². The third kappa shape index (κ3) is 3.73. The quantitative estimate of drug-likeness (QED) is 0.137. The van der Waals surface area contributed by atoms with E-state index in [9.17, 15) is 0 Å². The molecule has 0 saturated carbocycles. The summed E-state index contributed by atoms with van der Waals surface area (Å²) in [5.74, 6) is 0. The van der Waals surface area contributed by atoms with Gasteiger partial charge in [-0.05, 0) is 102 Å². The number of aryl methyl sites for hydroxylation is 3. The van der Waals surface area contributed by atoms with E-state index in [1.165, 1.54) is 86.7 Å². The summed E-state index contributed by atoms with van der Waals surface area (Å²) in [4.78, 5) is 0. The van der Waals surface area contributed by atoms with Gasteiger partial charge in [-0.1, -0.05) is 97.1 Å². The standard InChI is InChI=1S/C40H30N/c1-25-16-17-36-34-15-7-14-33-31-12-5-10-29(21-31)27-8-4-9-28(20-27)30-11-6-13-32(22-30)38-23-39(41(3)24-26(38)2)40(25)37(36)19-18-35(33)34/h4-24H,1-3H3/q+1. The molecule has 1 nitrogen and oxygen atoms in total. The van der Waals surface area contributed by atoms with Gasteiger partial charge in [0.2, 0.25) is 5.52 Å². The minimum atomic E-state index is 1.23. The predicted octanol–water partition coefficient (Wildman–Crippen LogP) is 10.3. The van der Waals surface area contributed by atoms with Gasteiger partial charge in [-0.2, -0.15) is 0 Å². The van der Waals surface area contributed by atoms with Gasteiger partial charge in [0.1, 0.15) is 7.05 Å². The molecule has 0 aliphatic heterocycles.